The minimum Gasteiger partial charge on any atom is -0.490 e. The minimum atomic E-state index is -4.40. The Hall–Kier alpha value is -1.39. The largest absolute Gasteiger partial charge is 0.490 e. The SMILES string of the molecule is CC1(C)CCC(Oc2cc(N)cc(C(F)(F)F)c2)CC1. The molecule has 0 spiro atoms. The normalized spacial score (nSPS) is 19.9. The fourth-order valence-corrected chi connectivity index (χ4v) is 2.54. The van der Waals surface area contributed by atoms with Crippen molar-refractivity contribution in [3.05, 3.63) is 23.8 Å². The van der Waals surface area contributed by atoms with Crippen LogP contribution in [-0.4, -0.2) is 6.10 Å². The van der Waals surface area contributed by atoms with Crippen LogP contribution in [0.1, 0.15) is 45.1 Å². The predicted molar refractivity (Wildman–Crippen MR) is 72.5 cm³/mol. The summed E-state index contributed by atoms with van der Waals surface area (Å²) in [6.07, 6.45) is -0.655. The minimum absolute atomic E-state index is 0.0223. The van der Waals surface area contributed by atoms with Crippen LogP contribution in [0.25, 0.3) is 0 Å². The van der Waals surface area contributed by atoms with Gasteiger partial charge in [0, 0.05) is 11.8 Å². The van der Waals surface area contributed by atoms with Gasteiger partial charge >= 0.3 is 6.18 Å². The maximum atomic E-state index is 12.7. The monoisotopic (exact) mass is 287 g/mol. The Morgan fingerprint density at radius 3 is 2.30 bits per heavy atom. The third-order valence-corrected chi connectivity index (χ3v) is 3.85. The van der Waals surface area contributed by atoms with Crippen LogP contribution < -0.4 is 10.5 Å². The molecule has 0 radical (unpaired) electrons. The van der Waals surface area contributed by atoms with E-state index in [9.17, 15) is 13.2 Å². The molecule has 0 unspecified atom stereocenters. The van der Waals surface area contributed by atoms with Gasteiger partial charge in [-0.1, -0.05) is 13.8 Å². The Morgan fingerprint density at radius 1 is 1.15 bits per heavy atom. The van der Waals surface area contributed by atoms with Crippen LogP contribution in [0, 0.1) is 5.41 Å². The van der Waals surface area contributed by atoms with Crippen LogP contribution in [0.2, 0.25) is 0 Å². The van der Waals surface area contributed by atoms with E-state index in [1.165, 1.54) is 6.07 Å². The summed E-state index contributed by atoms with van der Waals surface area (Å²) in [5, 5.41) is 0. The molecule has 5 heteroatoms. The number of nitrogen functional groups attached to an aromatic ring is 1. The number of alkyl halides is 3. The zero-order valence-electron chi connectivity index (χ0n) is 11.8. The highest BCUT2D eigenvalue weighted by Crippen LogP contribution is 2.38. The van der Waals surface area contributed by atoms with Gasteiger partial charge in [0.15, 0.2) is 0 Å². The summed E-state index contributed by atoms with van der Waals surface area (Å²) in [6, 6.07) is 3.40. The second-order valence-corrected chi connectivity index (χ2v) is 6.27. The Labute approximate surface area is 117 Å². The Morgan fingerprint density at radius 2 is 1.75 bits per heavy atom. The van der Waals surface area contributed by atoms with Gasteiger partial charge in [0.25, 0.3) is 0 Å². The lowest BCUT2D eigenvalue weighted by Crippen LogP contribution is -2.28. The molecule has 0 atom stereocenters. The second-order valence-electron chi connectivity index (χ2n) is 6.27. The lowest BCUT2D eigenvalue weighted by molar-refractivity contribution is -0.137. The molecular weight excluding hydrogens is 267 g/mol. The summed E-state index contributed by atoms with van der Waals surface area (Å²) < 4.78 is 43.8. The van der Waals surface area contributed by atoms with Crippen molar-refractivity contribution in [1.82, 2.24) is 0 Å². The average Bonchev–Trinajstić information content (AvgIpc) is 2.30. The summed E-state index contributed by atoms with van der Waals surface area (Å²) in [6.45, 7) is 4.40. The van der Waals surface area contributed by atoms with E-state index in [4.69, 9.17) is 10.5 Å². The summed E-state index contributed by atoms with van der Waals surface area (Å²) in [5.74, 6) is 0.210. The van der Waals surface area contributed by atoms with Gasteiger partial charge in [-0.2, -0.15) is 13.2 Å². The van der Waals surface area contributed by atoms with Crippen molar-refractivity contribution in [1.29, 1.82) is 0 Å². The first-order valence-corrected chi connectivity index (χ1v) is 6.80. The van der Waals surface area contributed by atoms with Crippen molar-refractivity contribution >= 4 is 5.69 Å². The second kappa shape index (κ2) is 5.19. The third kappa shape index (κ3) is 3.81. The molecule has 1 aliphatic carbocycles. The summed E-state index contributed by atoms with van der Waals surface area (Å²) in [4.78, 5) is 0. The first-order chi connectivity index (χ1) is 9.16. The number of benzene rings is 1. The van der Waals surface area contributed by atoms with Gasteiger partial charge < -0.3 is 10.5 Å². The lowest BCUT2D eigenvalue weighted by Gasteiger charge is -2.34. The van der Waals surface area contributed by atoms with E-state index in [0.29, 0.717) is 5.41 Å². The van der Waals surface area contributed by atoms with Crippen molar-refractivity contribution in [3.8, 4) is 5.75 Å². The number of ether oxygens (including phenoxy) is 1. The topological polar surface area (TPSA) is 35.2 Å². The van der Waals surface area contributed by atoms with Gasteiger partial charge in [-0.25, -0.2) is 0 Å². The standard InChI is InChI=1S/C15H20F3NO/c1-14(2)5-3-12(4-6-14)20-13-8-10(15(16,17)18)7-11(19)9-13/h7-9,12H,3-6,19H2,1-2H3. The van der Waals surface area contributed by atoms with Gasteiger partial charge in [0.1, 0.15) is 5.75 Å². The molecule has 2 N–H and O–H groups in total. The quantitative estimate of drug-likeness (QED) is 0.804. The number of nitrogens with two attached hydrogens (primary N) is 1. The van der Waals surface area contributed by atoms with Crippen molar-refractivity contribution in [3.63, 3.8) is 0 Å². The molecule has 1 saturated carbocycles. The molecule has 1 aliphatic rings. The maximum Gasteiger partial charge on any atom is 0.416 e. The Balaban J connectivity index is 2.09. The van der Waals surface area contributed by atoms with E-state index >= 15 is 0 Å². The molecule has 112 valence electrons. The van der Waals surface area contributed by atoms with Gasteiger partial charge in [-0.05, 0) is 43.2 Å². The van der Waals surface area contributed by atoms with E-state index in [-0.39, 0.29) is 17.5 Å². The Kier molecular flexibility index (Phi) is 3.89. The van der Waals surface area contributed by atoms with E-state index in [0.717, 1.165) is 37.8 Å². The van der Waals surface area contributed by atoms with Gasteiger partial charge in [-0.15, -0.1) is 0 Å². The van der Waals surface area contributed by atoms with Gasteiger partial charge in [0.2, 0.25) is 0 Å². The molecule has 2 rings (SSSR count). The highest BCUT2D eigenvalue weighted by Gasteiger charge is 2.32. The zero-order valence-corrected chi connectivity index (χ0v) is 11.8. The molecule has 20 heavy (non-hydrogen) atoms. The first kappa shape index (κ1) is 15.0. The van der Waals surface area contributed by atoms with E-state index in [2.05, 4.69) is 13.8 Å². The van der Waals surface area contributed by atoms with Crippen LogP contribution in [0.4, 0.5) is 18.9 Å². The molecule has 1 aromatic carbocycles. The van der Waals surface area contributed by atoms with E-state index in [1.807, 2.05) is 0 Å². The predicted octanol–water partition coefficient (Wildman–Crippen LogP) is 4.64. The number of halogens is 3. The van der Waals surface area contributed by atoms with Crippen molar-refractivity contribution < 1.29 is 17.9 Å². The summed E-state index contributed by atoms with van der Waals surface area (Å²) >= 11 is 0. The summed E-state index contributed by atoms with van der Waals surface area (Å²) in [7, 11) is 0. The molecule has 2 nitrogen and oxygen atoms in total. The van der Waals surface area contributed by atoms with Crippen molar-refractivity contribution in [2.45, 2.75) is 51.8 Å². The van der Waals surface area contributed by atoms with Crippen LogP contribution in [0.3, 0.4) is 0 Å². The first-order valence-electron chi connectivity index (χ1n) is 6.80. The van der Waals surface area contributed by atoms with Crippen LogP contribution in [0.15, 0.2) is 18.2 Å². The van der Waals surface area contributed by atoms with Gasteiger partial charge in [0.05, 0.1) is 11.7 Å². The van der Waals surface area contributed by atoms with E-state index in [1.54, 1.807) is 0 Å². The molecule has 0 aromatic heterocycles. The van der Waals surface area contributed by atoms with E-state index < -0.39 is 11.7 Å². The fraction of sp³-hybridized carbons (Fsp3) is 0.600. The highest BCUT2D eigenvalue weighted by atomic mass is 19.4. The molecule has 0 heterocycles. The third-order valence-electron chi connectivity index (χ3n) is 3.85. The average molecular weight is 287 g/mol. The summed E-state index contributed by atoms with van der Waals surface area (Å²) in [5.41, 5.74) is 5.14. The van der Waals surface area contributed by atoms with Gasteiger partial charge in [-0.3, -0.25) is 0 Å². The van der Waals surface area contributed by atoms with Crippen molar-refractivity contribution in [2.24, 2.45) is 5.41 Å². The molecule has 1 fully saturated rings. The fourth-order valence-electron chi connectivity index (χ4n) is 2.54. The van der Waals surface area contributed by atoms with Crippen LogP contribution >= 0.6 is 0 Å². The molecule has 1 aromatic rings. The molecular formula is C15H20F3NO. The molecule has 0 bridgehead atoms. The molecule has 0 amide bonds. The van der Waals surface area contributed by atoms with Crippen molar-refractivity contribution in [2.75, 3.05) is 5.73 Å². The number of hydrogen-bond donors (Lipinski definition) is 1. The smallest absolute Gasteiger partial charge is 0.416 e. The van der Waals surface area contributed by atoms with Crippen LogP contribution in [0.5, 0.6) is 5.75 Å². The lowest BCUT2D eigenvalue weighted by atomic mass is 9.76. The van der Waals surface area contributed by atoms with Crippen LogP contribution in [-0.2, 0) is 6.18 Å². The number of rotatable bonds is 2. The molecule has 0 aliphatic heterocycles. The Bertz CT molecular complexity index is 472. The highest BCUT2D eigenvalue weighted by molar-refractivity contribution is 5.48. The number of hydrogen-bond acceptors (Lipinski definition) is 2. The number of anilines is 1. The maximum absolute atomic E-state index is 12.7. The molecule has 0 saturated heterocycles. The zero-order chi connectivity index (χ0) is 15.0.